The molecule has 3 aromatic rings. The van der Waals surface area contributed by atoms with Crippen molar-refractivity contribution in [3.05, 3.63) is 77.9 Å². The molecule has 0 atom stereocenters. The van der Waals surface area contributed by atoms with Crippen molar-refractivity contribution in [2.24, 2.45) is 0 Å². The lowest BCUT2D eigenvalue weighted by Gasteiger charge is -2.10. The molecule has 0 radical (unpaired) electrons. The van der Waals surface area contributed by atoms with Gasteiger partial charge in [0.2, 0.25) is 0 Å². The van der Waals surface area contributed by atoms with E-state index < -0.39 is 0 Å². The van der Waals surface area contributed by atoms with Gasteiger partial charge in [-0.15, -0.1) is 0 Å². The van der Waals surface area contributed by atoms with Gasteiger partial charge in [0.25, 0.3) is 5.91 Å². The van der Waals surface area contributed by atoms with E-state index in [0.717, 1.165) is 22.0 Å². The Morgan fingerprint density at radius 2 is 1.60 bits per heavy atom. The first-order valence-corrected chi connectivity index (χ1v) is 8.01. The molecule has 0 aliphatic rings. The van der Waals surface area contributed by atoms with Crippen molar-refractivity contribution in [3.8, 4) is 0 Å². The molecule has 0 saturated carbocycles. The lowest BCUT2D eigenvalue weighted by molar-refractivity contribution is 0.0963. The molecule has 0 fully saturated rings. The summed E-state index contributed by atoms with van der Waals surface area (Å²) in [5, 5.41) is 10.3. The molecule has 3 rings (SSSR count). The van der Waals surface area contributed by atoms with E-state index >= 15 is 0 Å². The molecule has 3 aromatic carbocycles. The highest BCUT2D eigenvalue weighted by Gasteiger charge is 2.06. The summed E-state index contributed by atoms with van der Waals surface area (Å²) in [7, 11) is 1.59. The maximum absolute atomic E-state index is 12.2. The highest BCUT2D eigenvalue weighted by Crippen LogP contribution is 2.22. The summed E-state index contributed by atoms with van der Waals surface area (Å²) in [6, 6.07) is 20.5. The van der Waals surface area contributed by atoms with Crippen LogP contribution in [0.25, 0.3) is 10.8 Å². The number of rotatable bonds is 4. The summed E-state index contributed by atoms with van der Waals surface area (Å²) >= 11 is 0. The van der Waals surface area contributed by atoms with Crippen LogP contribution in [0, 0.1) is 0 Å². The third kappa shape index (κ3) is 3.95. The Labute approximate surface area is 146 Å². The molecule has 5 heteroatoms. The van der Waals surface area contributed by atoms with E-state index in [2.05, 4.69) is 16.0 Å². The lowest BCUT2D eigenvalue weighted by Crippen LogP contribution is -2.28. The highest BCUT2D eigenvalue weighted by atomic mass is 16.2. The molecule has 0 spiro atoms. The van der Waals surface area contributed by atoms with Crippen LogP contribution in [-0.2, 0) is 6.54 Å². The Morgan fingerprint density at radius 3 is 2.36 bits per heavy atom. The summed E-state index contributed by atoms with van der Waals surface area (Å²) in [5.41, 5.74) is 2.28. The minimum absolute atomic E-state index is 0.131. The van der Waals surface area contributed by atoms with Crippen molar-refractivity contribution in [2.45, 2.75) is 6.54 Å². The molecule has 0 heterocycles. The zero-order valence-corrected chi connectivity index (χ0v) is 13.9. The number of carbonyl (C=O) groups is 2. The minimum atomic E-state index is -0.272. The van der Waals surface area contributed by atoms with Gasteiger partial charge in [0.1, 0.15) is 0 Å². The van der Waals surface area contributed by atoms with Crippen LogP contribution in [0.5, 0.6) is 0 Å². The molecule has 3 N–H and O–H groups in total. The van der Waals surface area contributed by atoms with Gasteiger partial charge in [-0.3, -0.25) is 4.79 Å². The molecule has 0 aromatic heterocycles. The molecule has 25 heavy (non-hydrogen) atoms. The first-order valence-electron chi connectivity index (χ1n) is 8.01. The molecule has 0 bridgehead atoms. The van der Waals surface area contributed by atoms with Crippen LogP contribution in [0.1, 0.15) is 15.9 Å². The van der Waals surface area contributed by atoms with Gasteiger partial charge in [-0.1, -0.05) is 48.5 Å². The number of nitrogens with one attached hydrogen (secondary N) is 3. The maximum atomic E-state index is 12.2. The Kier molecular flexibility index (Phi) is 4.95. The topological polar surface area (TPSA) is 70.2 Å². The van der Waals surface area contributed by atoms with E-state index in [1.807, 2.05) is 54.6 Å². The quantitative estimate of drug-likeness (QED) is 0.684. The van der Waals surface area contributed by atoms with Gasteiger partial charge in [-0.25, -0.2) is 4.79 Å². The van der Waals surface area contributed by atoms with Crippen LogP contribution in [0.3, 0.4) is 0 Å². The smallest absolute Gasteiger partial charge is 0.319 e. The fourth-order valence-corrected chi connectivity index (χ4v) is 2.60. The molecule has 0 unspecified atom stereocenters. The Bertz CT molecular complexity index is 899. The van der Waals surface area contributed by atoms with Crippen LogP contribution in [0.4, 0.5) is 10.5 Å². The van der Waals surface area contributed by atoms with Crippen molar-refractivity contribution in [1.29, 1.82) is 0 Å². The van der Waals surface area contributed by atoms with E-state index in [9.17, 15) is 9.59 Å². The number of amides is 3. The van der Waals surface area contributed by atoms with E-state index in [-0.39, 0.29) is 11.9 Å². The number of carbonyl (C=O) groups excluding carboxylic acids is 2. The molecule has 0 saturated heterocycles. The average molecular weight is 333 g/mol. The van der Waals surface area contributed by atoms with Gasteiger partial charge in [-0.05, 0) is 29.1 Å². The van der Waals surface area contributed by atoms with Crippen molar-refractivity contribution < 1.29 is 9.59 Å². The first-order chi connectivity index (χ1) is 12.2. The van der Waals surface area contributed by atoms with Gasteiger partial charge in [0.15, 0.2) is 0 Å². The van der Waals surface area contributed by atoms with Crippen LogP contribution < -0.4 is 16.0 Å². The second-order valence-electron chi connectivity index (χ2n) is 5.61. The zero-order valence-electron chi connectivity index (χ0n) is 13.9. The standard InChI is InChI=1S/C20H19N3O2/c1-21-19(24)16-11-9-14(10-12-16)13-22-20(25)23-18-8-4-6-15-5-2-3-7-17(15)18/h2-12H,13H2,1H3,(H,21,24)(H2,22,23,25). The van der Waals surface area contributed by atoms with Crippen LogP contribution in [0.2, 0.25) is 0 Å². The Balaban J connectivity index is 1.62. The summed E-state index contributed by atoms with van der Waals surface area (Å²) in [6.07, 6.45) is 0. The van der Waals surface area contributed by atoms with Gasteiger partial charge in [0, 0.05) is 24.5 Å². The second kappa shape index (κ2) is 7.49. The van der Waals surface area contributed by atoms with Crippen LogP contribution in [0.15, 0.2) is 66.7 Å². The number of benzene rings is 3. The van der Waals surface area contributed by atoms with Crippen LogP contribution in [-0.4, -0.2) is 19.0 Å². The van der Waals surface area contributed by atoms with E-state index in [1.165, 1.54) is 0 Å². The Hall–Kier alpha value is -3.34. The van der Waals surface area contributed by atoms with Gasteiger partial charge in [0.05, 0.1) is 5.69 Å². The Morgan fingerprint density at radius 1 is 0.880 bits per heavy atom. The molecule has 126 valence electrons. The monoisotopic (exact) mass is 333 g/mol. The first kappa shape index (κ1) is 16.5. The van der Waals surface area contributed by atoms with E-state index in [4.69, 9.17) is 0 Å². The third-order valence-corrected chi connectivity index (χ3v) is 3.93. The number of hydrogen-bond acceptors (Lipinski definition) is 2. The normalized spacial score (nSPS) is 10.3. The number of fused-ring (bicyclic) bond motifs is 1. The largest absolute Gasteiger partial charge is 0.355 e. The van der Waals surface area contributed by atoms with Gasteiger partial charge in [-0.2, -0.15) is 0 Å². The molecule has 3 amide bonds. The SMILES string of the molecule is CNC(=O)c1ccc(CNC(=O)Nc2cccc3ccccc23)cc1. The molecule has 0 aliphatic heterocycles. The molecular formula is C20H19N3O2. The second-order valence-corrected chi connectivity index (χ2v) is 5.61. The summed E-state index contributed by atoms with van der Waals surface area (Å²) in [6.45, 7) is 0.380. The fraction of sp³-hybridized carbons (Fsp3) is 0.100. The van der Waals surface area contributed by atoms with Gasteiger partial charge < -0.3 is 16.0 Å². The fourth-order valence-electron chi connectivity index (χ4n) is 2.60. The summed E-state index contributed by atoms with van der Waals surface area (Å²) in [5.74, 6) is -0.131. The summed E-state index contributed by atoms with van der Waals surface area (Å²) < 4.78 is 0. The predicted molar refractivity (Wildman–Crippen MR) is 99.6 cm³/mol. The van der Waals surface area contributed by atoms with Crippen molar-refractivity contribution in [3.63, 3.8) is 0 Å². The predicted octanol–water partition coefficient (Wildman–Crippen LogP) is 3.52. The van der Waals surface area contributed by atoms with E-state index in [0.29, 0.717) is 12.1 Å². The number of hydrogen-bond donors (Lipinski definition) is 3. The highest BCUT2D eigenvalue weighted by molar-refractivity contribution is 6.01. The number of anilines is 1. The lowest BCUT2D eigenvalue weighted by atomic mass is 10.1. The maximum Gasteiger partial charge on any atom is 0.319 e. The average Bonchev–Trinajstić information content (AvgIpc) is 2.66. The van der Waals surface area contributed by atoms with Crippen LogP contribution >= 0.6 is 0 Å². The molecule has 5 nitrogen and oxygen atoms in total. The van der Waals surface area contributed by atoms with Gasteiger partial charge >= 0.3 is 6.03 Å². The molecule has 0 aliphatic carbocycles. The molecular weight excluding hydrogens is 314 g/mol. The van der Waals surface area contributed by atoms with Crippen molar-refractivity contribution in [2.75, 3.05) is 12.4 Å². The van der Waals surface area contributed by atoms with Crippen molar-refractivity contribution in [1.82, 2.24) is 10.6 Å². The summed E-state index contributed by atoms with van der Waals surface area (Å²) in [4.78, 5) is 23.7. The third-order valence-electron chi connectivity index (χ3n) is 3.93. The minimum Gasteiger partial charge on any atom is -0.355 e. The zero-order chi connectivity index (χ0) is 17.6. The van der Waals surface area contributed by atoms with Crippen molar-refractivity contribution >= 4 is 28.4 Å². The number of urea groups is 1. The van der Waals surface area contributed by atoms with E-state index in [1.54, 1.807) is 19.2 Å².